The number of carbonyl (C=O) groups is 1. The van der Waals surface area contributed by atoms with Crippen LogP contribution in [0.15, 0.2) is 85.1 Å². The number of urea groups is 1. The fourth-order valence-electron chi connectivity index (χ4n) is 5.14. The topological polar surface area (TPSA) is 88.7 Å². The number of hydrogen-bond donors (Lipinski definition) is 2. The molecule has 0 aliphatic carbocycles. The lowest BCUT2D eigenvalue weighted by molar-refractivity contribution is 0.259. The zero-order valence-electron chi connectivity index (χ0n) is 25.5. The van der Waals surface area contributed by atoms with Gasteiger partial charge in [0.15, 0.2) is 11.5 Å². The minimum Gasteiger partial charge on any atom is -0.493 e. The van der Waals surface area contributed by atoms with E-state index in [1.165, 1.54) is 0 Å². The number of fused-ring (bicyclic) bond motifs is 1. The Hall–Kier alpha value is -4.98. The van der Waals surface area contributed by atoms with Gasteiger partial charge in [0.25, 0.3) is 0 Å². The molecule has 0 bridgehead atoms. The zero-order valence-corrected chi connectivity index (χ0v) is 25.5. The number of para-hydroxylation sites is 1. The lowest BCUT2D eigenvalue weighted by Crippen LogP contribution is -2.32. The summed E-state index contributed by atoms with van der Waals surface area (Å²) in [5.41, 5.74) is 4.48. The molecule has 0 fully saturated rings. The summed E-state index contributed by atoms with van der Waals surface area (Å²) in [5, 5.41) is 12.0. The van der Waals surface area contributed by atoms with Crippen molar-refractivity contribution >= 4 is 34.0 Å². The molecule has 5 rings (SSSR count). The van der Waals surface area contributed by atoms with Gasteiger partial charge in [0.2, 0.25) is 0 Å². The molecular formula is C35H38N4O4. The molecule has 0 aliphatic heterocycles. The first-order chi connectivity index (χ1) is 20.7. The van der Waals surface area contributed by atoms with Gasteiger partial charge in [-0.3, -0.25) is 5.10 Å². The van der Waals surface area contributed by atoms with E-state index in [0.29, 0.717) is 36.0 Å². The predicted molar refractivity (Wildman–Crippen MR) is 172 cm³/mol. The summed E-state index contributed by atoms with van der Waals surface area (Å²) >= 11 is 0. The quantitative estimate of drug-likeness (QED) is 0.184. The molecule has 0 aliphatic rings. The summed E-state index contributed by atoms with van der Waals surface area (Å²) in [4.78, 5) is 15.6. The maximum absolute atomic E-state index is 14.0. The van der Waals surface area contributed by atoms with Gasteiger partial charge < -0.3 is 19.5 Å². The van der Waals surface area contributed by atoms with E-state index in [2.05, 4.69) is 54.5 Å². The Morgan fingerprint density at radius 3 is 2.40 bits per heavy atom. The number of anilines is 3. The maximum Gasteiger partial charge on any atom is 0.332 e. The third-order valence-electron chi connectivity index (χ3n) is 7.49. The number of aromatic nitrogens is 2. The highest BCUT2D eigenvalue weighted by atomic mass is 16.5. The maximum atomic E-state index is 14.0. The Morgan fingerprint density at radius 1 is 0.907 bits per heavy atom. The molecule has 0 radical (unpaired) electrons. The van der Waals surface area contributed by atoms with Gasteiger partial charge in [-0.1, -0.05) is 69.3 Å². The molecule has 0 saturated heterocycles. The molecule has 43 heavy (non-hydrogen) atoms. The van der Waals surface area contributed by atoms with Gasteiger partial charge in [-0.05, 0) is 47.7 Å². The van der Waals surface area contributed by atoms with E-state index in [0.717, 1.165) is 38.9 Å². The Kier molecular flexibility index (Phi) is 8.57. The fraction of sp³-hybridized carbons (Fsp3) is 0.257. The normalized spacial score (nSPS) is 11.3. The number of aryl methyl sites for hydroxylation is 1. The minimum atomic E-state index is -0.303. The lowest BCUT2D eigenvalue weighted by atomic mass is 9.86. The van der Waals surface area contributed by atoms with Gasteiger partial charge in [0.1, 0.15) is 11.6 Å². The van der Waals surface area contributed by atoms with Crippen LogP contribution in [0, 0.1) is 6.92 Å². The molecule has 8 nitrogen and oxygen atoms in total. The molecular weight excluding hydrogens is 540 g/mol. The summed E-state index contributed by atoms with van der Waals surface area (Å²) < 4.78 is 17.3. The smallest absolute Gasteiger partial charge is 0.332 e. The van der Waals surface area contributed by atoms with Crippen LogP contribution in [0.25, 0.3) is 10.8 Å². The number of hydrogen-bond acceptors (Lipinski definition) is 5. The monoisotopic (exact) mass is 578 g/mol. The van der Waals surface area contributed by atoms with Gasteiger partial charge in [0, 0.05) is 28.8 Å². The first-order valence-electron chi connectivity index (χ1n) is 14.3. The van der Waals surface area contributed by atoms with Crippen molar-refractivity contribution in [3.05, 3.63) is 102 Å². The molecule has 0 unspecified atom stereocenters. The molecule has 2 N–H and O–H groups in total. The molecule has 1 aromatic heterocycles. The van der Waals surface area contributed by atoms with Gasteiger partial charge in [0.05, 0.1) is 38.4 Å². The standard InChI is InChI=1S/C35H38N4O4/c1-23-14-15-25(35(2,3)4)22-29(23)39(32-18-20-36-38-32)34(40)37-28-16-17-30(27-12-8-7-11-26(27)28)43-21-19-24-10-9-13-31(41-5)33(24)42-6/h7-18,20,22H,19,21H2,1-6H3,(H,36,38)(H,37,40). The molecule has 2 amide bonds. The summed E-state index contributed by atoms with van der Waals surface area (Å²) in [6.07, 6.45) is 2.28. The largest absolute Gasteiger partial charge is 0.493 e. The average molecular weight is 579 g/mol. The minimum absolute atomic E-state index is 0.0810. The molecule has 222 valence electrons. The molecule has 0 saturated carbocycles. The third-order valence-corrected chi connectivity index (χ3v) is 7.49. The number of carbonyl (C=O) groups excluding carboxylic acids is 1. The number of nitrogens with zero attached hydrogens (tertiary/aromatic N) is 2. The van der Waals surface area contributed by atoms with Crippen molar-refractivity contribution < 1.29 is 19.0 Å². The molecule has 1 heterocycles. The van der Waals surface area contributed by atoms with E-state index in [1.807, 2.05) is 61.5 Å². The number of H-pyrrole nitrogens is 1. The number of rotatable bonds is 9. The van der Waals surface area contributed by atoms with Gasteiger partial charge in [-0.15, -0.1) is 0 Å². The Morgan fingerprint density at radius 2 is 1.70 bits per heavy atom. The number of nitrogens with one attached hydrogen (secondary N) is 2. The Balaban J connectivity index is 1.42. The number of amides is 2. The van der Waals surface area contributed by atoms with Crippen LogP contribution in [0.4, 0.5) is 22.0 Å². The van der Waals surface area contributed by atoms with Crippen LogP contribution in [0.3, 0.4) is 0 Å². The van der Waals surface area contributed by atoms with Crippen molar-refractivity contribution in [3.63, 3.8) is 0 Å². The second-order valence-corrected chi connectivity index (χ2v) is 11.4. The number of methoxy groups -OCH3 is 2. The van der Waals surface area contributed by atoms with Crippen LogP contribution in [0.2, 0.25) is 0 Å². The van der Waals surface area contributed by atoms with Gasteiger partial charge in [-0.2, -0.15) is 5.10 Å². The average Bonchev–Trinajstić information content (AvgIpc) is 3.53. The number of aromatic amines is 1. The predicted octanol–water partition coefficient (Wildman–Crippen LogP) is 8.18. The van der Waals surface area contributed by atoms with Crippen molar-refractivity contribution in [3.8, 4) is 17.2 Å². The van der Waals surface area contributed by atoms with Crippen LogP contribution >= 0.6 is 0 Å². The highest BCUT2D eigenvalue weighted by Gasteiger charge is 2.24. The van der Waals surface area contributed by atoms with Crippen LogP contribution < -0.4 is 24.4 Å². The van der Waals surface area contributed by atoms with E-state index in [4.69, 9.17) is 14.2 Å². The first-order valence-corrected chi connectivity index (χ1v) is 14.3. The fourth-order valence-corrected chi connectivity index (χ4v) is 5.14. The highest BCUT2D eigenvalue weighted by Crippen LogP contribution is 2.36. The van der Waals surface area contributed by atoms with E-state index in [-0.39, 0.29) is 11.4 Å². The van der Waals surface area contributed by atoms with Crippen LogP contribution in [-0.2, 0) is 11.8 Å². The summed E-state index contributed by atoms with van der Waals surface area (Å²) in [6, 6.07) is 25.2. The van der Waals surface area contributed by atoms with Crippen molar-refractivity contribution in [1.29, 1.82) is 0 Å². The molecule has 8 heteroatoms. The van der Waals surface area contributed by atoms with E-state index in [9.17, 15) is 4.79 Å². The first kappa shape index (κ1) is 29.5. The second-order valence-electron chi connectivity index (χ2n) is 11.4. The Bertz CT molecular complexity index is 1720. The van der Waals surface area contributed by atoms with E-state index >= 15 is 0 Å². The van der Waals surface area contributed by atoms with Crippen LogP contribution in [0.5, 0.6) is 17.2 Å². The second kappa shape index (κ2) is 12.5. The van der Waals surface area contributed by atoms with Crippen molar-refractivity contribution in [2.75, 3.05) is 31.0 Å². The number of ether oxygens (including phenoxy) is 3. The zero-order chi connectivity index (χ0) is 30.6. The van der Waals surface area contributed by atoms with Crippen LogP contribution in [-0.4, -0.2) is 37.1 Å². The summed E-state index contributed by atoms with van der Waals surface area (Å²) in [6.45, 7) is 8.92. The SMILES string of the molecule is COc1cccc(CCOc2ccc(NC(=O)N(c3ccn[nH]3)c3cc(C(C)(C)C)ccc3C)c3ccccc23)c1OC. The van der Waals surface area contributed by atoms with E-state index < -0.39 is 0 Å². The number of benzene rings is 4. The molecule has 0 atom stereocenters. The molecule has 0 spiro atoms. The van der Waals surface area contributed by atoms with Crippen molar-refractivity contribution in [2.24, 2.45) is 0 Å². The third kappa shape index (κ3) is 6.28. The molecule has 5 aromatic rings. The van der Waals surface area contributed by atoms with Crippen molar-refractivity contribution in [2.45, 2.75) is 39.5 Å². The highest BCUT2D eigenvalue weighted by molar-refractivity contribution is 6.11. The summed E-state index contributed by atoms with van der Waals surface area (Å²) in [7, 11) is 3.27. The van der Waals surface area contributed by atoms with Crippen LogP contribution in [0.1, 0.15) is 37.5 Å². The Labute approximate surface area is 252 Å². The molecule has 4 aromatic carbocycles. The van der Waals surface area contributed by atoms with Gasteiger partial charge in [-0.25, -0.2) is 9.69 Å². The lowest BCUT2D eigenvalue weighted by Gasteiger charge is -2.27. The van der Waals surface area contributed by atoms with Gasteiger partial charge >= 0.3 is 6.03 Å². The van der Waals surface area contributed by atoms with Crippen molar-refractivity contribution in [1.82, 2.24) is 10.2 Å². The summed E-state index contributed by atoms with van der Waals surface area (Å²) in [5.74, 6) is 2.70. The van der Waals surface area contributed by atoms with E-state index in [1.54, 1.807) is 31.4 Å².